The van der Waals surface area contributed by atoms with Gasteiger partial charge in [-0.25, -0.2) is 8.78 Å². The Morgan fingerprint density at radius 1 is 0.938 bits per heavy atom. The van der Waals surface area contributed by atoms with Gasteiger partial charge < -0.3 is 29.9 Å². The lowest BCUT2D eigenvalue weighted by Crippen LogP contribution is -2.60. The summed E-state index contributed by atoms with van der Waals surface area (Å²) < 4.78 is 78.2. The third kappa shape index (κ3) is 5.08. The molecule has 0 amide bonds. The van der Waals surface area contributed by atoms with E-state index in [1.165, 1.54) is 12.1 Å². The van der Waals surface area contributed by atoms with Crippen LogP contribution in [0.2, 0.25) is 0 Å². The third-order valence-corrected chi connectivity index (χ3v) is 4.83. The van der Waals surface area contributed by atoms with Crippen molar-refractivity contribution in [1.82, 2.24) is 0 Å². The van der Waals surface area contributed by atoms with Gasteiger partial charge in [0.25, 0.3) is 0 Å². The van der Waals surface area contributed by atoms with Crippen LogP contribution in [0.15, 0.2) is 36.4 Å². The first kappa shape index (κ1) is 24.1. The van der Waals surface area contributed by atoms with E-state index < -0.39 is 66.4 Å². The van der Waals surface area contributed by atoms with E-state index >= 15 is 0 Å². The lowest BCUT2D eigenvalue weighted by Gasteiger charge is -2.39. The van der Waals surface area contributed by atoms with E-state index in [9.17, 15) is 42.4 Å². The Morgan fingerprint density at radius 2 is 1.59 bits per heavy atom. The Morgan fingerprint density at radius 3 is 2.25 bits per heavy atom. The Hall–Kier alpha value is -2.57. The van der Waals surface area contributed by atoms with Gasteiger partial charge in [-0.1, -0.05) is 30.4 Å². The average Bonchev–Trinajstić information content (AvgIpc) is 2.73. The highest BCUT2D eigenvalue weighted by Crippen LogP contribution is 2.34. The first-order valence-electron chi connectivity index (χ1n) is 9.33. The van der Waals surface area contributed by atoms with Crippen molar-refractivity contribution in [3.8, 4) is 5.75 Å². The smallest absolute Gasteiger partial charge is 0.416 e. The molecule has 1 heterocycles. The van der Waals surface area contributed by atoms with Crippen molar-refractivity contribution in [2.75, 3.05) is 6.61 Å². The molecule has 174 valence electrons. The molecule has 3 rings (SSSR count). The molecular formula is C21H19F5O6. The SMILES string of the molecule is OC[C@H]1OC(Oc2c(F)cc(F)cc2/C=C/c2ccccc2C(F)(F)F)[C@H](O)[C@@H](O)[C@@H]1O. The van der Waals surface area contributed by atoms with Crippen molar-refractivity contribution >= 4 is 12.2 Å². The molecule has 1 unspecified atom stereocenters. The van der Waals surface area contributed by atoms with Crippen molar-refractivity contribution < 1.29 is 51.9 Å². The van der Waals surface area contributed by atoms with Crippen LogP contribution in [0, 0.1) is 11.6 Å². The second kappa shape index (κ2) is 9.51. The van der Waals surface area contributed by atoms with Crippen LogP contribution in [0.4, 0.5) is 22.0 Å². The number of alkyl halides is 3. The fraction of sp³-hybridized carbons (Fsp3) is 0.333. The molecule has 0 spiro atoms. The molecule has 1 aliphatic rings. The van der Waals surface area contributed by atoms with E-state index in [2.05, 4.69) is 0 Å². The standard InChI is InChI=1S/C21H19F5O6/c22-12-7-11(6-5-10-3-1-2-4-13(10)21(24,25)26)19(14(23)8-12)32-20-18(30)17(29)16(28)15(9-27)31-20/h1-8,15-18,20,27-30H,9H2/b6-5+/t15-,16-,17+,18-,20?/m1/s1. The zero-order chi connectivity index (χ0) is 23.6. The van der Waals surface area contributed by atoms with Crippen LogP contribution in [0.25, 0.3) is 12.2 Å². The molecular weight excluding hydrogens is 443 g/mol. The molecule has 11 heteroatoms. The summed E-state index contributed by atoms with van der Waals surface area (Å²) >= 11 is 0. The lowest BCUT2D eigenvalue weighted by atomic mass is 9.99. The Bertz CT molecular complexity index is 978. The van der Waals surface area contributed by atoms with Crippen LogP contribution >= 0.6 is 0 Å². The van der Waals surface area contributed by atoms with E-state index in [0.29, 0.717) is 6.07 Å². The molecule has 6 nitrogen and oxygen atoms in total. The maximum absolute atomic E-state index is 14.5. The number of hydrogen-bond acceptors (Lipinski definition) is 6. The molecule has 4 N–H and O–H groups in total. The summed E-state index contributed by atoms with van der Waals surface area (Å²) in [4.78, 5) is 0. The Balaban J connectivity index is 1.96. The van der Waals surface area contributed by atoms with Gasteiger partial charge in [0.05, 0.1) is 12.2 Å². The predicted octanol–water partition coefficient (Wildman–Crippen LogP) is 2.33. The number of aliphatic hydroxyl groups excluding tert-OH is 4. The molecule has 1 aliphatic heterocycles. The van der Waals surface area contributed by atoms with Gasteiger partial charge in [-0.05, 0) is 17.7 Å². The topological polar surface area (TPSA) is 99.4 Å². The summed E-state index contributed by atoms with van der Waals surface area (Å²) in [5.74, 6) is -2.99. The van der Waals surface area contributed by atoms with E-state index in [1.54, 1.807) is 0 Å². The molecule has 2 aromatic carbocycles. The zero-order valence-corrected chi connectivity index (χ0v) is 16.2. The highest BCUT2D eigenvalue weighted by atomic mass is 19.4. The molecule has 5 atom stereocenters. The molecule has 0 saturated carbocycles. The van der Waals surface area contributed by atoms with Crippen molar-refractivity contribution in [1.29, 1.82) is 0 Å². The number of halogens is 5. The van der Waals surface area contributed by atoms with Gasteiger partial charge in [-0.15, -0.1) is 0 Å². The van der Waals surface area contributed by atoms with Gasteiger partial charge in [0.15, 0.2) is 11.6 Å². The summed E-state index contributed by atoms with van der Waals surface area (Å²) in [6.45, 7) is -0.766. The summed E-state index contributed by atoms with van der Waals surface area (Å²) in [6, 6.07) is 5.78. The lowest BCUT2D eigenvalue weighted by molar-refractivity contribution is -0.277. The molecule has 0 bridgehead atoms. The van der Waals surface area contributed by atoms with Crippen molar-refractivity contribution in [2.24, 2.45) is 0 Å². The number of hydrogen-bond donors (Lipinski definition) is 4. The van der Waals surface area contributed by atoms with Gasteiger partial charge >= 0.3 is 6.18 Å². The number of benzene rings is 2. The average molecular weight is 462 g/mol. The van der Waals surface area contributed by atoms with Gasteiger partial charge in [-0.2, -0.15) is 13.2 Å². The number of aliphatic hydroxyl groups is 4. The minimum absolute atomic E-state index is 0.275. The van der Waals surface area contributed by atoms with Crippen LogP contribution in [0.1, 0.15) is 16.7 Å². The highest BCUT2D eigenvalue weighted by Gasteiger charge is 2.45. The molecule has 0 aliphatic carbocycles. The highest BCUT2D eigenvalue weighted by molar-refractivity contribution is 5.74. The van der Waals surface area contributed by atoms with Gasteiger partial charge in [0, 0.05) is 11.6 Å². The maximum Gasteiger partial charge on any atom is 0.416 e. The molecule has 1 saturated heterocycles. The summed E-state index contributed by atoms with van der Waals surface area (Å²) in [6.07, 6.45) is -11.2. The second-order valence-corrected chi connectivity index (χ2v) is 7.04. The van der Waals surface area contributed by atoms with E-state index in [-0.39, 0.29) is 11.1 Å². The van der Waals surface area contributed by atoms with Crippen LogP contribution in [0.5, 0.6) is 5.75 Å². The Kier molecular flexibility index (Phi) is 7.16. The third-order valence-electron chi connectivity index (χ3n) is 4.83. The summed E-state index contributed by atoms with van der Waals surface area (Å²) in [5, 5.41) is 39.0. The minimum atomic E-state index is -4.66. The first-order chi connectivity index (χ1) is 15.0. The van der Waals surface area contributed by atoms with Gasteiger partial charge in [-0.3, -0.25) is 0 Å². The van der Waals surface area contributed by atoms with Crippen LogP contribution in [0.3, 0.4) is 0 Å². The normalized spacial score (nSPS) is 26.5. The van der Waals surface area contributed by atoms with Gasteiger partial charge in [0.1, 0.15) is 30.2 Å². The van der Waals surface area contributed by atoms with Crippen molar-refractivity contribution in [3.63, 3.8) is 0 Å². The van der Waals surface area contributed by atoms with E-state index in [0.717, 1.165) is 30.4 Å². The van der Waals surface area contributed by atoms with Crippen molar-refractivity contribution in [3.05, 3.63) is 64.7 Å². The van der Waals surface area contributed by atoms with E-state index in [1.807, 2.05) is 0 Å². The maximum atomic E-state index is 14.5. The molecule has 0 aromatic heterocycles. The number of ether oxygens (including phenoxy) is 2. The zero-order valence-electron chi connectivity index (χ0n) is 16.2. The first-order valence-corrected chi connectivity index (χ1v) is 9.33. The van der Waals surface area contributed by atoms with Crippen LogP contribution in [-0.2, 0) is 10.9 Å². The molecule has 32 heavy (non-hydrogen) atoms. The Labute approximate surface area is 178 Å². The van der Waals surface area contributed by atoms with Crippen molar-refractivity contribution in [2.45, 2.75) is 36.9 Å². The van der Waals surface area contributed by atoms with Crippen LogP contribution in [-0.4, -0.2) is 57.7 Å². The quantitative estimate of drug-likeness (QED) is 0.402. The predicted molar refractivity (Wildman–Crippen MR) is 101 cm³/mol. The summed E-state index contributed by atoms with van der Waals surface area (Å²) in [7, 11) is 0. The second-order valence-electron chi connectivity index (χ2n) is 7.04. The summed E-state index contributed by atoms with van der Waals surface area (Å²) in [5.41, 5.74) is -1.57. The van der Waals surface area contributed by atoms with Crippen LogP contribution < -0.4 is 4.74 Å². The number of rotatable bonds is 5. The fourth-order valence-corrected chi connectivity index (χ4v) is 3.19. The molecule has 2 aromatic rings. The fourth-order valence-electron chi connectivity index (χ4n) is 3.19. The largest absolute Gasteiger partial charge is 0.458 e. The molecule has 0 radical (unpaired) electrons. The molecule has 1 fully saturated rings. The minimum Gasteiger partial charge on any atom is -0.458 e. The monoisotopic (exact) mass is 462 g/mol. The van der Waals surface area contributed by atoms with Gasteiger partial charge in [0.2, 0.25) is 6.29 Å². The van der Waals surface area contributed by atoms with E-state index in [4.69, 9.17) is 9.47 Å².